The molecule has 0 radical (unpaired) electrons. The smallest absolute Gasteiger partial charge is 0.0825 e. The molecule has 0 saturated heterocycles. The van der Waals surface area contributed by atoms with Gasteiger partial charge in [-0.15, -0.1) is 0 Å². The van der Waals surface area contributed by atoms with E-state index in [1.165, 1.54) is 18.4 Å². The first-order valence-corrected chi connectivity index (χ1v) is 5.02. The lowest BCUT2D eigenvalue weighted by Gasteiger charge is -2.24. The van der Waals surface area contributed by atoms with Gasteiger partial charge in [0.05, 0.1) is 12.2 Å². The van der Waals surface area contributed by atoms with Gasteiger partial charge in [0.1, 0.15) is 0 Å². The van der Waals surface area contributed by atoms with Gasteiger partial charge in [0.25, 0.3) is 0 Å². The lowest BCUT2D eigenvalue weighted by Crippen LogP contribution is -2.26. The van der Waals surface area contributed by atoms with Crippen molar-refractivity contribution in [2.75, 3.05) is 6.61 Å². The minimum absolute atomic E-state index is 0.0107. The van der Waals surface area contributed by atoms with Crippen LogP contribution in [0.25, 0.3) is 0 Å². The first kappa shape index (κ1) is 10.7. The van der Waals surface area contributed by atoms with Crippen LogP contribution in [0, 0.1) is 5.92 Å². The fourth-order valence-corrected chi connectivity index (χ4v) is 2.16. The van der Waals surface area contributed by atoms with Gasteiger partial charge < -0.3 is 10.2 Å². The summed E-state index contributed by atoms with van der Waals surface area (Å²) in [5.74, 6) is 0.536. The third kappa shape index (κ3) is 2.32. The Morgan fingerprint density at radius 3 is 2.46 bits per heavy atom. The van der Waals surface area contributed by atoms with Gasteiger partial charge in [-0.1, -0.05) is 12.5 Å². The van der Waals surface area contributed by atoms with E-state index in [4.69, 9.17) is 0 Å². The van der Waals surface area contributed by atoms with Crippen LogP contribution in [-0.4, -0.2) is 22.4 Å². The standard InChI is InChI=1S/C11H20O2/c1-8-5-4-6-9(8)10(7-12)11(2,3)13/h8,12-13H,4-7H2,1-3H3. The average Bonchev–Trinajstić information content (AvgIpc) is 2.35. The molecule has 0 aromatic carbocycles. The SMILES string of the molecule is CC1CCCC1=C(CO)C(C)(C)O. The summed E-state index contributed by atoms with van der Waals surface area (Å²) in [6.07, 6.45) is 3.42. The highest BCUT2D eigenvalue weighted by Gasteiger charge is 2.27. The second-order valence-corrected chi connectivity index (χ2v) is 4.51. The fourth-order valence-electron chi connectivity index (χ4n) is 2.16. The largest absolute Gasteiger partial charge is 0.392 e. The zero-order valence-electron chi connectivity index (χ0n) is 8.80. The summed E-state index contributed by atoms with van der Waals surface area (Å²) in [6.45, 7) is 5.65. The predicted octanol–water partition coefficient (Wildman–Crippen LogP) is 1.87. The molecule has 0 aliphatic heterocycles. The molecule has 0 spiro atoms. The number of aliphatic hydroxyl groups is 2. The lowest BCUT2D eigenvalue weighted by atomic mass is 9.89. The molecule has 1 aliphatic rings. The maximum absolute atomic E-state index is 9.84. The minimum atomic E-state index is -0.858. The van der Waals surface area contributed by atoms with Gasteiger partial charge in [0.15, 0.2) is 0 Å². The molecule has 2 heteroatoms. The second kappa shape index (κ2) is 3.81. The monoisotopic (exact) mass is 184 g/mol. The normalized spacial score (nSPS) is 27.9. The number of hydrogen-bond donors (Lipinski definition) is 2. The highest BCUT2D eigenvalue weighted by molar-refractivity contribution is 5.26. The zero-order chi connectivity index (χ0) is 10.1. The van der Waals surface area contributed by atoms with Crippen molar-refractivity contribution < 1.29 is 10.2 Å². The van der Waals surface area contributed by atoms with Crippen molar-refractivity contribution in [2.24, 2.45) is 5.92 Å². The first-order chi connectivity index (χ1) is 5.96. The molecular weight excluding hydrogens is 164 g/mol. The molecule has 76 valence electrons. The first-order valence-electron chi connectivity index (χ1n) is 5.02. The van der Waals surface area contributed by atoms with Gasteiger partial charge in [-0.3, -0.25) is 0 Å². The third-order valence-corrected chi connectivity index (χ3v) is 2.96. The third-order valence-electron chi connectivity index (χ3n) is 2.96. The highest BCUT2D eigenvalue weighted by Crippen LogP contribution is 2.35. The summed E-state index contributed by atoms with van der Waals surface area (Å²) in [4.78, 5) is 0. The van der Waals surface area contributed by atoms with Gasteiger partial charge in [-0.05, 0) is 44.6 Å². The molecule has 2 nitrogen and oxygen atoms in total. The van der Waals surface area contributed by atoms with Crippen molar-refractivity contribution in [1.29, 1.82) is 0 Å². The van der Waals surface area contributed by atoms with Crippen LogP contribution in [0.5, 0.6) is 0 Å². The quantitative estimate of drug-likeness (QED) is 0.643. The topological polar surface area (TPSA) is 40.5 Å². The minimum Gasteiger partial charge on any atom is -0.392 e. The van der Waals surface area contributed by atoms with Crippen molar-refractivity contribution in [3.05, 3.63) is 11.1 Å². The Hall–Kier alpha value is -0.340. The van der Waals surface area contributed by atoms with Crippen LogP contribution in [0.3, 0.4) is 0 Å². The van der Waals surface area contributed by atoms with Crippen molar-refractivity contribution in [2.45, 2.75) is 45.6 Å². The molecule has 0 bridgehead atoms. The predicted molar refractivity (Wildman–Crippen MR) is 53.4 cm³/mol. The van der Waals surface area contributed by atoms with Crippen LogP contribution in [0.15, 0.2) is 11.1 Å². The molecule has 1 unspecified atom stereocenters. The summed E-state index contributed by atoms with van der Waals surface area (Å²) in [7, 11) is 0. The highest BCUT2D eigenvalue weighted by atomic mass is 16.3. The van der Waals surface area contributed by atoms with Gasteiger partial charge in [-0.2, -0.15) is 0 Å². The van der Waals surface area contributed by atoms with E-state index in [2.05, 4.69) is 6.92 Å². The lowest BCUT2D eigenvalue weighted by molar-refractivity contribution is 0.102. The van der Waals surface area contributed by atoms with E-state index >= 15 is 0 Å². The molecule has 1 fully saturated rings. The molecule has 1 saturated carbocycles. The van der Waals surface area contributed by atoms with E-state index in [0.717, 1.165) is 12.0 Å². The molecule has 0 aromatic heterocycles. The Morgan fingerprint density at radius 2 is 2.15 bits per heavy atom. The summed E-state index contributed by atoms with van der Waals surface area (Å²) in [5, 5.41) is 19.1. The maximum Gasteiger partial charge on any atom is 0.0825 e. The number of rotatable bonds is 2. The number of allylic oxidation sites excluding steroid dienone is 1. The molecular formula is C11H20O2. The van der Waals surface area contributed by atoms with E-state index in [9.17, 15) is 10.2 Å². The molecule has 0 amide bonds. The van der Waals surface area contributed by atoms with Crippen LogP contribution >= 0.6 is 0 Å². The molecule has 1 aliphatic carbocycles. The summed E-state index contributed by atoms with van der Waals surface area (Å²) < 4.78 is 0. The van der Waals surface area contributed by atoms with E-state index in [0.29, 0.717) is 5.92 Å². The summed E-state index contributed by atoms with van der Waals surface area (Å²) in [5.41, 5.74) is 1.25. The van der Waals surface area contributed by atoms with Crippen LogP contribution in [0.2, 0.25) is 0 Å². The maximum atomic E-state index is 9.84. The van der Waals surface area contributed by atoms with Crippen LogP contribution < -0.4 is 0 Å². The van der Waals surface area contributed by atoms with Gasteiger partial charge >= 0.3 is 0 Å². The Kier molecular flexibility index (Phi) is 3.14. The molecule has 0 heterocycles. The van der Waals surface area contributed by atoms with Crippen molar-refractivity contribution in [3.8, 4) is 0 Å². The van der Waals surface area contributed by atoms with Crippen molar-refractivity contribution >= 4 is 0 Å². The Bertz CT molecular complexity index is 211. The second-order valence-electron chi connectivity index (χ2n) is 4.51. The number of hydrogen-bond acceptors (Lipinski definition) is 2. The summed E-state index contributed by atoms with van der Waals surface area (Å²) >= 11 is 0. The Labute approximate surface area is 80.3 Å². The van der Waals surface area contributed by atoms with Crippen LogP contribution in [0.1, 0.15) is 40.0 Å². The van der Waals surface area contributed by atoms with Gasteiger partial charge in [0.2, 0.25) is 0 Å². The Morgan fingerprint density at radius 1 is 1.54 bits per heavy atom. The molecule has 0 aromatic rings. The molecule has 1 rings (SSSR count). The average molecular weight is 184 g/mol. The van der Waals surface area contributed by atoms with E-state index < -0.39 is 5.60 Å². The van der Waals surface area contributed by atoms with Crippen LogP contribution in [0.4, 0.5) is 0 Å². The van der Waals surface area contributed by atoms with Gasteiger partial charge in [-0.25, -0.2) is 0 Å². The Balaban J connectivity index is 2.97. The summed E-state index contributed by atoms with van der Waals surface area (Å²) in [6, 6.07) is 0. The molecule has 13 heavy (non-hydrogen) atoms. The molecule has 2 N–H and O–H groups in total. The molecule has 1 atom stereocenters. The van der Waals surface area contributed by atoms with Crippen molar-refractivity contribution in [1.82, 2.24) is 0 Å². The van der Waals surface area contributed by atoms with E-state index in [1.807, 2.05) is 0 Å². The van der Waals surface area contributed by atoms with E-state index in [1.54, 1.807) is 13.8 Å². The van der Waals surface area contributed by atoms with Crippen molar-refractivity contribution in [3.63, 3.8) is 0 Å². The zero-order valence-corrected chi connectivity index (χ0v) is 8.80. The number of aliphatic hydroxyl groups excluding tert-OH is 1. The van der Waals surface area contributed by atoms with Gasteiger partial charge in [0, 0.05) is 0 Å². The van der Waals surface area contributed by atoms with Crippen LogP contribution in [-0.2, 0) is 0 Å². The van der Waals surface area contributed by atoms with E-state index in [-0.39, 0.29) is 6.61 Å². The fraction of sp³-hybridized carbons (Fsp3) is 0.818.